The molecule has 0 saturated heterocycles. The summed E-state index contributed by atoms with van der Waals surface area (Å²) in [4.78, 5) is 0. The first-order chi connectivity index (χ1) is 9.96. The van der Waals surface area contributed by atoms with E-state index in [1.54, 1.807) is 7.11 Å². The van der Waals surface area contributed by atoms with Crippen molar-refractivity contribution in [1.29, 1.82) is 0 Å². The van der Waals surface area contributed by atoms with Crippen LogP contribution in [-0.4, -0.2) is 24.4 Å². The van der Waals surface area contributed by atoms with Gasteiger partial charge in [0.2, 0.25) is 0 Å². The predicted molar refractivity (Wildman–Crippen MR) is 86.5 cm³/mol. The van der Waals surface area contributed by atoms with E-state index in [0.717, 1.165) is 30.6 Å². The maximum absolute atomic E-state index is 10.3. The first kappa shape index (κ1) is 17.7. The van der Waals surface area contributed by atoms with Gasteiger partial charge in [-0.25, -0.2) is 0 Å². The van der Waals surface area contributed by atoms with Gasteiger partial charge in [0, 0.05) is 6.61 Å². The summed E-state index contributed by atoms with van der Waals surface area (Å²) in [5.41, 5.74) is 0.485. The second-order valence-corrected chi connectivity index (χ2v) is 6.00. The Morgan fingerprint density at radius 3 is 2.57 bits per heavy atom. The molecule has 0 fully saturated rings. The third-order valence-electron chi connectivity index (χ3n) is 3.51. The van der Waals surface area contributed by atoms with Gasteiger partial charge >= 0.3 is 0 Å². The molecule has 21 heavy (non-hydrogen) atoms. The van der Waals surface area contributed by atoms with Crippen molar-refractivity contribution < 1.29 is 14.6 Å². The summed E-state index contributed by atoms with van der Waals surface area (Å²) in [5.74, 6) is 1.17. The van der Waals surface area contributed by atoms with Gasteiger partial charge in [-0.1, -0.05) is 25.1 Å². The van der Waals surface area contributed by atoms with Crippen molar-refractivity contribution >= 4 is 0 Å². The molecule has 0 bridgehead atoms. The molecule has 3 nitrogen and oxygen atoms in total. The van der Waals surface area contributed by atoms with E-state index in [9.17, 15) is 5.11 Å². The normalized spacial score (nSPS) is 15.2. The standard InChI is InChI=1S/C18H28O3/c1-5-6-11-18(3,19)12-15(2)13-21-14-16-7-9-17(20-4)10-8-16/h5,7-10,15,19H,1,6,11-14H2,2-4H3/t15-,18-/m1/s1. The molecule has 0 saturated carbocycles. The summed E-state index contributed by atoms with van der Waals surface area (Å²) < 4.78 is 10.9. The SMILES string of the molecule is C=CCC[C@@](C)(O)C[C@@H](C)COCc1ccc(OC)cc1. The van der Waals surface area contributed by atoms with Gasteiger partial charge in [0.1, 0.15) is 5.75 Å². The van der Waals surface area contributed by atoms with Gasteiger partial charge in [-0.2, -0.15) is 0 Å². The highest BCUT2D eigenvalue weighted by molar-refractivity contribution is 5.26. The van der Waals surface area contributed by atoms with Crippen LogP contribution >= 0.6 is 0 Å². The number of hydrogen-bond donors (Lipinski definition) is 1. The molecule has 0 aromatic heterocycles. The highest BCUT2D eigenvalue weighted by atomic mass is 16.5. The molecule has 118 valence electrons. The largest absolute Gasteiger partial charge is 0.497 e. The molecule has 0 spiro atoms. The van der Waals surface area contributed by atoms with E-state index in [4.69, 9.17) is 9.47 Å². The van der Waals surface area contributed by atoms with E-state index in [1.165, 1.54) is 0 Å². The van der Waals surface area contributed by atoms with Crippen LogP contribution in [0, 0.1) is 5.92 Å². The van der Waals surface area contributed by atoms with Crippen LogP contribution in [0.2, 0.25) is 0 Å². The Kier molecular flexibility index (Phi) is 7.48. The van der Waals surface area contributed by atoms with Crippen LogP contribution in [0.3, 0.4) is 0 Å². The molecular weight excluding hydrogens is 264 g/mol. The molecule has 0 amide bonds. The molecule has 1 aromatic carbocycles. The van der Waals surface area contributed by atoms with Gasteiger partial charge in [-0.05, 0) is 49.8 Å². The molecule has 1 N–H and O–H groups in total. The van der Waals surface area contributed by atoms with Gasteiger partial charge < -0.3 is 14.6 Å². The van der Waals surface area contributed by atoms with Gasteiger partial charge in [0.05, 0.1) is 19.3 Å². The van der Waals surface area contributed by atoms with Crippen molar-refractivity contribution in [3.05, 3.63) is 42.5 Å². The van der Waals surface area contributed by atoms with Crippen LogP contribution in [0.4, 0.5) is 0 Å². The van der Waals surface area contributed by atoms with Gasteiger partial charge in [0.15, 0.2) is 0 Å². The third-order valence-corrected chi connectivity index (χ3v) is 3.51. The van der Waals surface area contributed by atoms with Crippen LogP contribution in [0.1, 0.15) is 38.7 Å². The van der Waals surface area contributed by atoms with E-state index < -0.39 is 5.60 Å². The van der Waals surface area contributed by atoms with Crippen molar-refractivity contribution in [3.63, 3.8) is 0 Å². The molecule has 2 atom stereocenters. The zero-order valence-electron chi connectivity index (χ0n) is 13.5. The summed E-state index contributed by atoms with van der Waals surface area (Å²) in [5, 5.41) is 10.3. The summed E-state index contributed by atoms with van der Waals surface area (Å²) in [6, 6.07) is 7.87. The average Bonchev–Trinajstić information content (AvgIpc) is 2.45. The smallest absolute Gasteiger partial charge is 0.118 e. The highest BCUT2D eigenvalue weighted by Gasteiger charge is 2.22. The van der Waals surface area contributed by atoms with Crippen molar-refractivity contribution in [3.8, 4) is 5.75 Å². The van der Waals surface area contributed by atoms with E-state index in [0.29, 0.717) is 19.1 Å². The number of allylic oxidation sites excluding steroid dienone is 1. The van der Waals surface area contributed by atoms with E-state index in [1.807, 2.05) is 37.3 Å². The summed E-state index contributed by atoms with van der Waals surface area (Å²) in [6.07, 6.45) is 4.18. The first-order valence-electron chi connectivity index (χ1n) is 7.51. The Balaban J connectivity index is 2.29. The number of benzene rings is 1. The fourth-order valence-corrected chi connectivity index (χ4v) is 2.42. The number of rotatable bonds is 10. The third kappa shape index (κ3) is 7.30. The molecule has 0 unspecified atom stereocenters. The summed E-state index contributed by atoms with van der Waals surface area (Å²) in [6.45, 7) is 8.92. The zero-order valence-corrected chi connectivity index (χ0v) is 13.5. The predicted octanol–water partition coefficient (Wildman–Crippen LogP) is 3.96. The first-order valence-corrected chi connectivity index (χ1v) is 7.51. The number of methoxy groups -OCH3 is 1. The zero-order chi connectivity index (χ0) is 15.7. The summed E-state index contributed by atoms with van der Waals surface area (Å²) in [7, 11) is 1.66. The highest BCUT2D eigenvalue weighted by Crippen LogP contribution is 2.22. The minimum absolute atomic E-state index is 0.322. The fourth-order valence-electron chi connectivity index (χ4n) is 2.42. The van der Waals surface area contributed by atoms with Gasteiger partial charge in [-0.3, -0.25) is 0 Å². The van der Waals surface area contributed by atoms with Crippen LogP contribution in [-0.2, 0) is 11.3 Å². The number of hydrogen-bond acceptors (Lipinski definition) is 3. The molecule has 0 aliphatic heterocycles. The second kappa shape index (κ2) is 8.85. The van der Waals surface area contributed by atoms with Crippen molar-refractivity contribution in [2.75, 3.05) is 13.7 Å². The lowest BCUT2D eigenvalue weighted by Crippen LogP contribution is -2.28. The number of ether oxygens (including phenoxy) is 2. The van der Waals surface area contributed by atoms with Gasteiger partial charge in [-0.15, -0.1) is 6.58 Å². The molecule has 0 heterocycles. The molecule has 0 aliphatic rings. The lowest BCUT2D eigenvalue weighted by molar-refractivity contribution is 0.00572. The van der Waals surface area contributed by atoms with Crippen LogP contribution in [0.5, 0.6) is 5.75 Å². The van der Waals surface area contributed by atoms with Crippen LogP contribution in [0.15, 0.2) is 36.9 Å². The van der Waals surface area contributed by atoms with E-state index >= 15 is 0 Å². The van der Waals surface area contributed by atoms with Crippen LogP contribution in [0.25, 0.3) is 0 Å². The molecular formula is C18H28O3. The maximum Gasteiger partial charge on any atom is 0.118 e. The topological polar surface area (TPSA) is 38.7 Å². The Hall–Kier alpha value is -1.32. The summed E-state index contributed by atoms with van der Waals surface area (Å²) >= 11 is 0. The monoisotopic (exact) mass is 292 g/mol. The fraction of sp³-hybridized carbons (Fsp3) is 0.556. The quantitative estimate of drug-likeness (QED) is 0.663. The van der Waals surface area contributed by atoms with Crippen molar-refractivity contribution in [2.24, 2.45) is 5.92 Å². The minimum atomic E-state index is -0.642. The Morgan fingerprint density at radius 1 is 1.33 bits per heavy atom. The van der Waals surface area contributed by atoms with Crippen LogP contribution < -0.4 is 4.74 Å². The number of aliphatic hydroxyl groups is 1. The van der Waals surface area contributed by atoms with E-state index in [2.05, 4.69) is 13.5 Å². The Labute approximate surface area is 128 Å². The van der Waals surface area contributed by atoms with Crippen molar-refractivity contribution in [1.82, 2.24) is 0 Å². The minimum Gasteiger partial charge on any atom is -0.497 e. The lowest BCUT2D eigenvalue weighted by atomic mass is 9.89. The lowest BCUT2D eigenvalue weighted by Gasteiger charge is -2.26. The second-order valence-electron chi connectivity index (χ2n) is 6.00. The van der Waals surface area contributed by atoms with Gasteiger partial charge in [0.25, 0.3) is 0 Å². The average molecular weight is 292 g/mol. The molecule has 0 aliphatic carbocycles. The Morgan fingerprint density at radius 2 is 2.00 bits per heavy atom. The Bertz CT molecular complexity index is 409. The van der Waals surface area contributed by atoms with Crippen molar-refractivity contribution in [2.45, 2.75) is 45.3 Å². The molecule has 1 aromatic rings. The van der Waals surface area contributed by atoms with E-state index in [-0.39, 0.29) is 0 Å². The molecule has 3 heteroatoms. The molecule has 1 rings (SSSR count). The maximum atomic E-state index is 10.3. The molecule has 0 radical (unpaired) electrons.